The number of amides is 2. The molecule has 2 heterocycles. The first-order valence-electron chi connectivity index (χ1n) is 8.52. The number of rotatable bonds is 6. The molecule has 0 atom stereocenters. The van der Waals surface area contributed by atoms with Gasteiger partial charge in [0.2, 0.25) is 6.79 Å². The van der Waals surface area contributed by atoms with Crippen LogP contribution in [0.25, 0.3) is 0 Å². The maximum Gasteiger partial charge on any atom is 0.274 e. The molecule has 1 aliphatic heterocycles. The van der Waals surface area contributed by atoms with E-state index in [-0.39, 0.29) is 24.1 Å². The second kappa shape index (κ2) is 7.86. The predicted octanol–water partition coefficient (Wildman–Crippen LogP) is 2.93. The quantitative estimate of drug-likeness (QED) is 0.862. The van der Waals surface area contributed by atoms with Gasteiger partial charge in [-0.2, -0.15) is 0 Å². The third-order valence-electron chi connectivity index (χ3n) is 4.03. The molecule has 136 valence electrons. The van der Waals surface area contributed by atoms with Gasteiger partial charge in [0.15, 0.2) is 11.5 Å². The fourth-order valence-corrected chi connectivity index (χ4v) is 2.54. The van der Waals surface area contributed by atoms with Crippen molar-refractivity contribution in [1.82, 2.24) is 9.88 Å². The SMILES string of the molecule is CCCCN(C)C(=O)c1cccc(C(=O)Nc2ccc3c(c2)OCO3)n1. The zero-order chi connectivity index (χ0) is 18.5. The van der Waals surface area contributed by atoms with E-state index in [1.165, 1.54) is 0 Å². The summed E-state index contributed by atoms with van der Waals surface area (Å²) in [5.74, 6) is 0.631. The molecule has 7 nitrogen and oxygen atoms in total. The summed E-state index contributed by atoms with van der Waals surface area (Å²) in [7, 11) is 1.74. The van der Waals surface area contributed by atoms with Gasteiger partial charge in [0, 0.05) is 25.3 Å². The molecule has 7 heteroatoms. The zero-order valence-electron chi connectivity index (χ0n) is 14.8. The molecule has 0 aliphatic carbocycles. The van der Waals surface area contributed by atoms with Gasteiger partial charge in [0.1, 0.15) is 11.4 Å². The Labute approximate surface area is 151 Å². The first-order chi connectivity index (χ1) is 12.6. The Morgan fingerprint density at radius 3 is 2.73 bits per heavy atom. The third kappa shape index (κ3) is 3.93. The van der Waals surface area contributed by atoms with E-state index in [4.69, 9.17) is 9.47 Å². The van der Waals surface area contributed by atoms with Crippen molar-refractivity contribution in [2.45, 2.75) is 19.8 Å². The van der Waals surface area contributed by atoms with Crippen LogP contribution in [0.1, 0.15) is 40.7 Å². The number of hydrogen-bond donors (Lipinski definition) is 1. The summed E-state index contributed by atoms with van der Waals surface area (Å²) in [5, 5.41) is 2.76. The van der Waals surface area contributed by atoms with Gasteiger partial charge in [0.25, 0.3) is 11.8 Å². The number of nitrogens with zero attached hydrogens (tertiary/aromatic N) is 2. The number of anilines is 1. The minimum Gasteiger partial charge on any atom is -0.454 e. The second-order valence-electron chi connectivity index (χ2n) is 6.01. The first kappa shape index (κ1) is 17.7. The van der Waals surface area contributed by atoms with E-state index in [0.29, 0.717) is 23.7 Å². The van der Waals surface area contributed by atoms with E-state index in [1.807, 2.05) is 0 Å². The van der Waals surface area contributed by atoms with Crippen molar-refractivity contribution in [3.63, 3.8) is 0 Å². The van der Waals surface area contributed by atoms with Crippen LogP contribution in [0.4, 0.5) is 5.69 Å². The summed E-state index contributed by atoms with van der Waals surface area (Å²) in [6.07, 6.45) is 1.93. The van der Waals surface area contributed by atoms with Gasteiger partial charge >= 0.3 is 0 Å². The molecule has 0 radical (unpaired) electrons. The second-order valence-corrected chi connectivity index (χ2v) is 6.01. The largest absolute Gasteiger partial charge is 0.454 e. The van der Waals surface area contributed by atoms with Crippen molar-refractivity contribution < 1.29 is 19.1 Å². The lowest BCUT2D eigenvalue weighted by atomic mass is 10.2. The van der Waals surface area contributed by atoms with Gasteiger partial charge < -0.3 is 19.7 Å². The van der Waals surface area contributed by atoms with E-state index < -0.39 is 5.91 Å². The normalized spacial score (nSPS) is 11.9. The lowest BCUT2D eigenvalue weighted by molar-refractivity contribution is 0.0787. The minimum atomic E-state index is -0.394. The van der Waals surface area contributed by atoms with Crippen LogP contribution in [0.5, 0.6) is 11.5 Å². The van der Waals surface area contributed by atoms with Crippen LogP contribution >= 0.6 is 0 Å². The zero-order valence-corrected chi connectivity index (χ0v) is 14.8. The van der Waals surface area contributed by atoms with Crippen molar-refractivity contribution in [3.05, 3.63) is 47.8 Å². The smallest absolute Gasteiger partial charge is 0.274 e. The van der Waals surface area contributed by atoms with Gasteiger partial charge in [-0.25, -0.2) is 4.98 Å². The summed E-state index contributed by atoms with van der Waals surface area (Å²) in [4.78, 5) is 30.7. The van der Waals surface area contributed by atoms with Crippen molar-refractivity contribution in [2.24, 2.45) is 0 Å². The van der Waals surface area contributed by atoms with E-state index >= 15 is 0 Å². The third-order valence-corrected chi connectivity index (χ3v) is 4.03. The number of hydrogen-bond acceptors (Lipinski definition) is 5. The lowest BCUT2D eigenvalue weighted by Gasteiger charge is -2.16. The average Bonchev–Trinajstić information content (AvgIpc) is 3.13. The van der Waals surface area contributed by atoms with E-state index in [0.717, 1.165) is 12.8 Å². The molecule has 0 fully saturated rings. The fraction of sp³-hybridized carbons (Fsp3) is 0.316. The maximum atomic E-state index is 12.5. The molecule has 0 saturated heterocycles. The lowest BCUT2D eigenvalue weighted by Crippen LogP contribution is -2.29. The molecule has 1 aromatic heterocycles. The Kier molecular flexibility index (Phi) is 5.36. The molecule has 1 aliphatic rings. The van der Waals surface area contributed by atoms with Crippen LogP contribution in [-0.2, 0) is 0 Å². The molecule has 0 spiro atoms. The number of benzene rings is 1. The molecule has 1 aromatic carbocycles. The number of carbonyl (C=O) groups is 2. The Balaban J connectivity index is 1.71. The molecule has 0 unspecified atom stereocenters. The topological polar surface area (TPSA) is 80.8 Å². The molecular formula is C19H21N3O4. The summed E-state index contributed by atoms with van der Waals surface area (Å²) < 4.78 is 10.5. The number of unbranched alkanes of at least 4 members (excludes halogenated alkanes) is 1. The Morgan fingerprint density at radius 1 is 1.15 bits per heavy atom. The number of fused-ring (bicyclic) bond motifs is 1. The average molecular weight is 355 g/mol. The highest BCUT2D eigenvalue weighted by molar-refractivity contribution is 6.04. The molecule has 0 saturated carbocycles. The van der Waals surface area contributed by atoms with Crippen LogP contribution in [0.3, 0.4) is 0 Å². The molecule has 2 aromatic rings. The highest BCUT2D eigenvalue weighted by Crippen LogP contribution is 2.34. The van der Waals surface area contributed by atoms with Gasteiger partial charge in [-0.05, 0) is 30.7 Å². The van der Waals surface area contributed by atoms with Gasteiger partial charge in [0.05, 0.1) is 0 Å². The van der Waals surface area contributed by atoms with E-state index in [2.05, 4.69) is 17.2 Å². The van der Waals surface area contributed by atoms with Crippen LogP contribution in [0, 0.1) is 0 Å². The van der Waals surface area contributed by atoms with Gasteiger partial charge in [-0.1, -0.05) is 19.4 Å². The van der Waals surface area contributed by atoms with Crippen LogP contribution in [0.2, 0.25) is 0 Å². The van der Waals surface area contributed by atoms with E-state index in [1.54, 1.807) is 48.3 Å². The maximum absolute atomic E-state index is 12.5. The molecule has 26 heavy (non-hydrogen) atoms. The first-order valence-corrected chi connectivity index (χ1v) is 8.52. The summed E-state index contributed by atoms with van der Waals surface area (Å²) in [5.41, 5.74) is 0.997. The van der Waals surface area contributed by atoms with Crippen molar-refractivity contribution in [1.29, 1.82) is 0 Å². The van der Waals surface area contributed by atoms with Crippen molar-refractivity contribution >= 4 is 17.5 Å². The highest BCUT2D eigenvalue weighted by atomic mass is 16.7. The van der Waals surface area contributed by atoms with Crippen LogP contribution in [-0.4, -0.2) is 42.1 Å². The Morgan fingerprint density at radius 2 is 1.92 bits per heavy atom. The molecule has 0 bridgehead atoms. The predicted molar refractivity (Wildman–Crippen MR) is 96.6 cm³/mol. The summed E-state index contributed by atoms with van der Waals surface area (Å²) >= 11 is 0. The standard InChI is InChI=1S/C19H21N3O4/c1-3-4-10-22(2)19(24)15-7-5-6-14(21-15)18(23)20-13-8-9-16-17(11-13)26-12-25-16/h5-9,11H,3-4,10,12H2,1-2H3,(H,20,23). The molecule has 3 rings (SSSR count). The summed E-state index contributed by atoms with van der Waals surface area (Å²) in [6, 6.07) is 9.98. The van der Waals surface area contributed by atoms with Crippen LogP contribution < -0.4 is 14.8 Å². The number of nitrogens with one attached hydrogen (secondary N) is 1. The van der Waals surface area contributed by atoms with Gasteiger partial charge in [-0.3, -0.25) is 9.59 Å². The van der Waals surface area contributed by atoms with Crippen molar-refractivity contribution in [3.8, 4) is 11.5 Å². The van der Waals surface area contributed by atoms with Crippen molar-refractivity contribution in [2.75, 3.05) is 25.7 Å². The Hall–Kier alpha value is -3.09. The number of aromatic nitrogens is 1. The van der Waals surface area contributed by atoms with Crippen LogP contribution in [0.15, 0.2) is 36.4 Å². The minimum absolute atomic E-state index is 0.171. The van der Waals surface area contributed by atoms with E-state index in [9.17, 15) is 9.59 Å². The number of pyridine rings is 1. The fourth-order valence-electron chi connectivity index (χ4n) is 2.54. The van der Waals surface area contributed by atoms with Gasteiger partial charge in [-0.15, -0.1) is 0 Å². The Bertz CT molecular complexity index is 822. The molecule has 1 N–H and O–H groups in total. The molecule has 2 amide bonds. The number of ether oxygens (including phenoxy) is 2. The summed E-state index contributed by atoms with van der Waals surface area (Å²) in [6.45, 7) is 2.90. The monoisotopic (exact) mass is 355 g/mol. The highest BCUT2D eigenvalue weighted by Gasteiger charge is 2.17. The number of carbonyl (C=O) groups excluding carboxylic acids is 2. The molecular weight excluding hydrogens is 334 g/mol.